The highest BCUT2D eigenvalue weighted by atomic mass is 19.1. The van der Waals surface area contributed by atoms with Crippen molar-refractivity contribution in [3.8, 4) is 5.75 Å². The second-order valence-corrected chi connectivity index (χ2v) is 3.14. The molecule has 0 unspecified atom stereocenters. The summed E-state index contributed by atoms with van der Waals surface area (Å²) in [4.78, 5) is 14.9. The van der Waals surface area contributed by atoms with Gasteiger partial charge < -0.3 is 9.84 Å². The molecule has 4 nitrogen and oxygen atoms in total. The zero-order valence-corrected chi connectivity index (χ0v) is 8.40. The van der Waals surface area contributed by atoms with Crippen LogP contribution in [0.1, 0.15) is 10.4 Å². The van der Waals surface area contributed by atoms with Gasteiger partial charge in [0.05, 0.1) is 12.7 Å². The SMILES string of the molecule is COc1c(F)cc(C(=O)O)c2cccnc12. The van der Waals surface area contributed by atoms with Crippen LogP contribution in [0, 0.1) is 5.82 Å². The highest BCUT2D eigenvalue weighted by molar-refractivity contribution is 6.04. The van der Waals surface area contributed by atoms with Crippen LogP contribution >= 0.6 is 0 Å². The van der Waals surface area contributed by atoms with Gasteiger partial charge in [-0.25, -0.2) is 9.18 Å². The van der Waals surface area contributed by atoms with Gasteiger partial charge in [0.15, 0.2) is 11.6 Å². The minimum Gasteiger partial charge on any atom is -0.491 e. The molecule has 1 heterocycles. The fraction of sp³-hybridized carbons (Fsp3) is 0.0909. The molecule has 0 fully saturated rings. The van der Waals surface area contributed by atoms with E-state index in [9.17, 15) is 9.18 Å². The fourth-order valence-electron chi connectivity index (χ4n) is 1.56. The summed E-state index contributed by atoms with van der Waals surface area (Å²) < 4.78 is 18.4. The van der Waals surface area contributed by atoms with E-state index < -0.39 is 11.8 Å². The Morgan fingerprint density at radius 3 is 2.94 bits per heavy atom. The van der Waals surface area contributed by atoms with Crippen molar-refractivity contribution >= 4 is 16.9 Å². The second kappa shape index (κ2) is 3.77. The average molecular weight is 221 g/mol. The van der Waals surface area contributed by atoms with Crippen LogP contribution in [0.2, 0.25) is 0 Å². The molecule has 1 N–H and O–H groups in total. The van der Waals surface area contributed by atoms with Gasteiger partial charge in [-0.05, 0) is 12.1 Å². The molecule has 0 aliphatic rings. The molecule has 82 valence electrons. The zero-order chi connectivity index (χ0) is 11.7. The topological polar surface area (TPSA) is 59.4 Å². The monoisotopic (exact) mass is 221 g/mol. The number of pyridine rings is 1. The van der Waals surface area contributed by atoms with Gasteiger partial charge in [0.1, 0.15) is 5.52 Å². The standard InChI is InChI=1S/C11H8FNO3/c1-16-10-8(12)5-7(11(14)15)6-3-2-4-13-9(6)10/h2-5H,1H3,(H,14,15). The fourth-order valence-corrected chi connectivity index (χ4v) is 1.56. The van der Waals surface area contributed by atoms with E-state index in [4.69, 9.17) is 9.84 Å². The van der Waals surface area contributed by atoms with E-state index in [-0.39, 0.29) is 16.8 Å². The molecule has 0 aliphatic heterocycles. The predicted octanol–water partition coefficient (Wildman–Crippen LogP) is 2.08. The molecule has 5 heteroatoms. The van der Waals surface area contributed by atoms with Crippen molar-refractivity contribution in [2.75, 3.05) is 7.11 Å². The summed E-state index contributed by atoms with van der Waals surface area (Å²) >= 11 is 0. The molecule has 0 aliphatic carbocycles. The highest BCUT2D eigenvalue weighted by Gasteiger charge is 2.17. The van der Waals surface area contributed by atoms with Crippen molar-refractivity contribution in [3.05, 3.63) is 35.8 Å². The number of carboxylic acid groups (broad SMARTS) is 1. The Bertz CT molecular complexity index is 568. The maximum Gasteiger partial charge on any atom is 0.336 e. The summed E-state index contributed by atoms with van der Waals surface area (Å²) in [7, 11) is 1.31. The molecule has 0 bridgehead atoms. The first-order valence-corrected chi connectivity index (χ1v) is 4.49. The predicted molar refractivity (Wildman–Crippen MR) is 55.2 cm³/mol. The van der Waals surface area contributed by atoms with Crippen molar-refractivity contribution in [1.29, 1.82) is 0 Å². The minimum absolute atomic E-state index is 0.0411. The first kappa shape index (κ1) is 10.4. The lowest BCUT2D eigenvalue weighted by molar-refractivity contribution is 0.0698. The van der Waals surface area contributed by atoms with Gasteiger partial charge in [-0.15, -0.1) is 0 Å². The number of rotatable bonds is 2. The van der Waals surface area contributed by atoms with Gasteiger partial charge >= 0.3 is 5.97 Å². The van der Waals surface area contributed by atoms with Gasteiger partial charge in [0.2, 0.25) is 0 Å². The molecular weight excluding hydrogens is 213 g/mol. The molecule has 1 aromatic heterocycles. The largest absolute Gasteiger partial charge is 0.491 e. The number of fused-ring (bicyclic) bond motifs is 1. The normalized spacial score (nSPS) is 10.4. The molecule has 1 aromatic carbocycles. The molecule has 16 heavy (non-hydrogen) atoms. The van der Waals surface area contributed by atoms with Crippen LogP contribution in [0.4, 0.5) is 4.39 Å². The number of hydrogen-bond donors (Lipinski definition) is 1. The minimum atomic E-state index is -1.19. The van der Waals surface area contributed by atoms with Gasteiger partial charge in [0, 0.05) is 11.6 Å². The van der Waals surface area contributed by atoms with Crippen LogP contribution in [0.15, 0.2) is 24.4 Å². The lowest BCUT2D eigenvalue weighted by Crippen LogP contribution is -2.01. The Kier molecular flexibility index (Phi) is 2.44. The number of carboxylic acids is 1. The smallest absolute Gasteiger partial charge is 0.336 e. The quantitative estimate of drug-likeness (QED) is 0.843. The molecule has 2 rings (SSSR count). The molecule has 0 radical (unpaired) electrons. The van der Waals surface area contributed by atoms with Crippen LogP contribution in [0.5, 0.6) is 5.75 Å². The van der Waals surface area contributed by atoms with E-state index in [0.717, 1.165) is 6.07 Å². The van der Waals surface area contributed by atoms with Crippen molar-refractivity contribution in [2.24, 2.45) is 0 Å². The summed E-state index contributed by atoms with van der Waals surface area (Å²) in [6, 6.07) is 4.09. The number of aromatic nitrogens is 1. The molecule has 0 amide bonds. The lowest BCUT2D eigenvalue weighted by Gasteiger charge is -2.07. The number of carbonyl (C=O) groups is 1. The van der Waals surface area contributed by atoms with Gasteiger partial charge in [0.25, 0.3) is 0 Å². The van der Waals surface area contributed by atoms with E-state index in [1.807, 2.05) is 0 Å². The Morgan fingerprint density at radius 2 is 2.31 bits per heavy atom. The molecule has 0 saturated carbocycles. The molecule has 2 aromatic rings. The Morgan fingerprint density at radius 1 is 1.56 bits per heavy atom. The summed E-state index contributed by atoms with van der Waals surface area (Å²) in [6.07, 6.45) is 1.45. The first-order chi connectivity index (χ1) is 7.65. The Hall–Kier alpha value is -2.17. The number of aromatic carboxylic acids is 1. The summed E-state index contributed by atoms with van der Waals surface area (Å²) in [5, 5.41) is 9.29. The van der Waals surface area contributed by atoms with Crippen LogP contribution in [-0.4, -0.2) is 23.2 Å². The number of nitrogens with zero attached hydrogens (tertiary/aromatic N) is 1. The van der Waals surface area contributed by atoms with E-state index in [1.54, 1.807) is 12.1 Å². The van der Waals surface area contributed by atoms with Crippen LogP contribution < -0.4 is 4.74 Å². The third-order valence-corrected chi connectivity index (χ3v) is 2.24. The Labute approximate surface area is 90.3 Å². The summed E-state index contributed by atoms with van der Waals surface area (Å²) in [5.41, 5.74) is 0.0869. The molecule has 0 saturated heterocycles. The van der Waals surface area contributed by atoms with E-state index in [1.165, 1.54) is 13.3 Å². The maximum absolute atomic E-state index is 13.5. The van der Waals surface area contributed by atoms with Crippen molar-refractivity contribution < 1.29 is 19.0 Å². The second-order valence-electron chi connectivity index (χ2n) is 3.14. The van der Waals surface area contributed by atoms with Gasteiger partial charge in [-0.1, -0.05) is 6.07 Å². The van der Waals surface area contributed by atoms with Crippen LogP contribution in [0.25, 0.3) is 10.9 Å². The van der Waals surface area contributed by atoms with Gasteiger partial charge in [-0.3, -0.25) is 4.98 Å². The first-order valence-electron chi connectivity index (χ1n) is 4.49. The number of ether oxygens (including phenoxy) is 1. The lowest BCUT2D eigenvalue weighted by atomic mass is 10.1. The maximum atomic E-state index is 13.5. The van der Waals surface area contributed by atoms with Crippen molar-refractivity contribution in [1.82, 2.24) is 4.98 Å². The van der Waals surface area contributed by atoms with Crippen LogP contribution in [0.3, 0.4) is 0 Å². The van der Waals surface area contributed by atoms with Crippen LogP contribution in [-0.2, 0) is 0 Å². The number of benzene rings is 1. The molecule has 0 atom stereocenters. The third kappa shape index (κ3) is 1.46. The van der Waals surface area contributed by atoms with Crippen molar-refractivity contribution in [2.45, 2.75) is 0 Å². The average Bonchev–Trinajstić information content (AvgIpc) is 2.28. The highest BCUT2D eigenvalue weighted by Crippen LogP contribution is 2.29. The number of hydrogen-bond acceptors (Lipinski definition) is 3. The third-order valence-electron chi connectivity index (χ3n) is 2.24. The van der Waals surface area contributed by atoms with Crippen molar-refractivity contribution in [3.63, 3.8) is 0 Å². The van der Waals surface area contributed by atoms with E-state index in [0.29, 0.717) is 5.39 Å². The summed E-state index contributed by atoms with van der Waals surface area (Å²) in [6.45, 7) is 0. The molecular formula is C11H8FNO3. The summed E-state index contributed by atoms with van der Waals surface area (Å²) in [5.74, 6) is -1.97. The molecule has 0 spiro atoms. The van der Waals surface area contributed by atoms with E-state index in [2.05, 4.69) is 4.98 Å². The van der Waals surface area contributed by atoms with Gasteiger partial charge in [-0.2, -0.15) is 0 Å². The number of methoxy groups -OCH3 is 1. The number of halogens is 1. The Balaban J connectivity index is 2.91. The zero-order valence-electron chi connectivity index (χ0n) is 8.40. The van der Waals surface area contributed by atoms with E-state index >= 15 is 0 Å².